The van der Waals surface area contributed by atoms with Crippen LogP contribution in [0.3, 0.4) is 0 Å². The number of carbonyl (C=O) groups is 1. The van der Waals surface area contributed by atoms with Crippen LogP contribution in [0.2, 0.25) is 0 Å². The summed E-state index contributed by atoms with van der Waals surface area (Å²) in [6.07, 6.45) is 3.36. The molecule has 0 radical (unpaired) electrons. The molecule has 0 atom stereocenters. The lowest BCUT2D eigenvalue weighted by Gasteiger charge is -2.29. The number of hydrogen-bond donors (Lipinski definition) is 1. The summed E-state index contributed by atoms with van der Waals surface area (Å²) in [5.41, 5.74) is 4.77. The van der Waals surface area contributed by atoms with Gasteiger partial charge in [-0.25, -0.2) is 0 Å². The van der Waals surface area contributed by atoms with Crippen molar-refractivity contribution >= 4 is 22.6 Å². The number of aromatic nitrogens is 3. The number of nitrogens with one attached hydrogen (secondary N) is 1. The highest BCUT2D eigenvalue weighted by atomic mass is 16.5. The second kappa shape index (κ2) is 10.7. The normalized spacial score (nSPS) is 16.1. The minimum atomic E-state index is 0.0305. The molecule has 1 N–H and O–H groups in total. The van der Waals surface area contributed by atoms with Crippen molar-refractivity contribution in [2.45, 2.75) is 19.4 Å². The Morgan fingerprint density at radius 1 is 0.892 bits per heavy atom. The lowest BCUT2D eigenvalue weighted by molar-refractivity contribution is -0.120. The fraction of sp³-hybridized carbons (Fsp3) is 0.345. The summed E-state index contributed by atoms with van der Waals surface area (Å²) in [5, 5.41) is 13.3. The Morgan fingerprint density at radius 2 is 1.65 bits per heavy atom. The maximum atomic E-state index is 12.8. The largest absolute Gasteiger partial charge is 0.379 e. The Balaban J connectivity index is 1.15. The van der Waals surface area contributed by atoms with Crippen LogP contribution in [0.15, 0.2) is 66.9 Å². The van der Waals surface area contributed by atoms with Crippen molar-refractivity contribution < 1.29 is 9.53 Å². The zero-order chi connectivity index (χ0) is 25.0. The zero-order valence-corrected chi connectivity index (χ0v) is 21.0. The number of carbonyl (C=O) groups excluding carboxylic acids is 1. The molecule has 2 aromatic carbocycles. The van der Waals surface area contributed by atoms with Crippen LogP contribution in [0, 0.1) is 0 Å². The van der Waals surface area contributed by atoms with Crippen molar-refractivity contribution in [1.82, 2.24) is 25.0 Å². The van der Waals surface area contributed by atoms with Crippen LogP contribution < -0.4 is 10.2 Å². The molecule has 0 saturated carbocycles. The molecule has 2 aromatic heterocycles. The highest BCUT2D eigenvalue weighted by Crippen LogP contribution is 2.26. The number of ether oxygens (including phenoxy) is 1. The maximum absolute atomic E-state index is 12.8. The summed E-state index contributed by atoms with van der Waals surface area (Å²) in [5.74, 6) is 1.66. The van der Waals surface area contributed by atoms with Crippen LogP contribution in [-0.4, -0.2) is 71.5 Å². The van der Waals surface area contributed by atoms with Crippen LogP contribution in [0.5, 0.6) is 0 Å². The SMILES string of the molecule is O=C(Cc1cn(-c2ccc(N3CCc4ccccc4C3)nn2)c2ccccc12)NCCN1CCOCC1. The summed E-state index contributed by atoms with van der Waals surface area (Å²) < 4.78 is 7.43. The van der Waals surface area contributed by atoms with Gasteiger partial charge in [0.25, 0.3) is 0 Å². The molecule has 8 heteroatoms. The van der Waals surface area contributed by atoms with E-state index in [1.165, 1.54) is 11.1 Å². The van der Waals surface area contributed by atoms with E-state index >= 15 is 0 Å². The van der Waals surface area contributed by atoms with Crippen LogP contribution in [0.4, 0.5) is 5.82 Å². The monoisotopic (exact) mass is 496 g/mol. The van der Waals surface area contributed by atoms with E-state index in [1.54, 1.807) is 0 Å². The van der Waals surface area contributed by atoms with Crippen LogP contribution in [-0.2, 0) is 28.9 Å². The number of hydrogen-bond acceptors (Lipinski definition) is 6. The molecule has 0 aliphatic carbocycles. The van der Waals surface area contributed by atoms with E-state index in [1.807, 2.05) is 35.0 Å². The van der Waals surface area contributed by atoms with Gasteiger partial charge in [0.15, 0.2) is 11.6 Å². The van der Waals surface area contributed by atoms with Gasteiger partial charge in [-0.15, -0.1) is 10.2 Å². The highest BCUT2D eigenvalue weighted by Gasteiger charge is 2.19. The quantitative estimate of drug-likeness (QED) is 0.424. The topological polar surface area (TPSA) is 75.5 Å². The van der Waals surface area contributed by atoms with Crippen LogP contribution in [0.1, 0.15) is 16.7 Å². The maximum Gasteiger partial charge on any atom is 0.224 e. The van der Waals surface area contributed by atoms with Gasteiger partial charge in [0.05, 0.1) is 25.2 Å². The lowest BCUT2D eigenvalue weighted by atomic mass is 10.00. The molecule has 1 amide bonds. The highest BCUT2D eigenvalue weighted by molar-refractivity contribution is 5.90. The standard InChI is InChI=1S/C29H32N6O2/c36-29(30-12-14-33-15-17-37-18-16-33)19-24-21-35(26-8-4-3-7-25(24)26)28-10-9-27(31-32-28)34-13-11-22-5-1-2-6-23(22)20-34/h1-10,21H,11-20H2,(H,30,36). The smallest absolute Gasteiger partial charge is 0.224 e. The molecule has 0 unspecified atom stereocenters. The van der Waals surface area contributed by atoms with E-state index in [9.17, 15) is 4.79 Å². The molecule has 6 rings (SSSR count). The van der Waals surface area contributed by atoms with E-state index in [0.29, 0.717) is 13.0 Å². The van der Waals surface area contributed by atoms with Gasteiger partial charge >= 0.3 is 0 Å². The van der Waals surface area contributed by atoms with Gasteiger partial charge in [-0.3, -0.25) is 14.3 Å². The van der Waals surface area contributed by atoms with Crippen molar-refractivity contribution in [2.24, 2.45) is 0 Å². The van der Waals surface area contributed by atoms with Crippen molar-refractivity contribution in [3.63, 3.8) is 0 Å². The molecule has 4 aromatic rings. The molecule has 37 heavy (non-hydrogen) atoms. The van der Waals surface area contributed by atoms with Gasteiger partial charge in [0, 0.05) is 50.9 Å². The second-order valence-electron chi connectivity index (χ2n) is 9.71. The predicted molar refractivity (Wildman–Crippen MR) is 144 cm³/mol. The average molecular weight is 497 g/mol. The van der Waals surface area contributed by atoms with E-state index in [-0.39, 0.29) is 5.91 Å². The molecule has 0 bridgehead atoms. The molecule has 2 aliphatic rings. The van der Waals surface area contributed by atoms with E-state index in [0.717, 1.165) is 80.5 Å². The molecular formula is C29H32N6O2. The van der Waals surface area contributed by atoms with Crippen LogP contribution in [0.25, 0.3) is 16.7 Å². The number of morpholine rings is 1. The molecule has 2 aliphatic heterocycles. The first-order valence-corrected chi connectivity index (χ1v) is 13.1. The predicted octanol–water partition coefficient (Wildman–Crippen LogP) is 2.97. The summed E-state index contributed by atoms with van der Waals surface area (Å²) in [6.45, 7) is 6.66. The first-order valence-electron chi connectivity index (χ1n) is 13.1. The number of rotatable bonds is 7. The van der Waals surface area contributed by atoms with Crippen molar-refractivity contribution in [2.75, 3.05) is 50.8 Å². The summed E-state index contributed by atoms with van der Waals surface area (Å²) in [4.78, 5) is 17.4. The number of anilines is 1. The van der Waals surface area contributed by atoms with Crippen molar-refractivity contribution in [3.05, 3.63) is 83.6 Å². The van der Waals surface area contributed by atoms with Gasteiger partial charge in [-0.05, 0) is 41.3 Å². The Morgan fingerprint density at radius 3 is 2.49 bits per heavy atom. The molecular weight excluding hydrogens is 464 g/mol. The first-order chi connectivity index (χ1) is 18.2. The fourth-order valence-corrected chi connectivity index (χ4v) is 5.30. The number of fused-ring (bicyclic) bond motifs is 2. The number of para-hydroxylation sites is 1. The summed E-state index contributed by atoms with van der Waals surface area (Å²) in [7, 11) is 0. The van der Waals surface area contributed by atoms with Gasteiger partial charge in [-0.2, -0.15) is 0 Å². The van der Waals surface area contributed by atoms with Crippen LogP contribution >= 0.6 is 0 Å². The zero-order valence-electron chi connectivity index (χ0n) is 21.0. The van der Waals surface area contributed by atoms with Gasteiger partial charge < -0.3 is 15.0 Å². The molecule has 190 valence electrons. The third kappa shape index (κ3) is 5.21. The minimum absolute atomic E-state index is 0.0305. The Labute approximate surface area is 216 Å². The Hall–Kier alpha value is -3.75. The first kappa shape index (κ1) is 23.6. The number of benzene rings is 2. The van der Waals surface area contributed by atoms with E-state index < -0.39 is 0 Å². The number of amides is 1. The molecule has 0 spiro atoms. The van der Waals surface area contributed by atoms with Crippen molar-refractivity contribution in [3.8, 4) is 5.82 Å². The Bertz CT molecular complexity index is 1380. The Kier molecular flexibility index (Phi) is 6.84. The van der Waals surface area contributed by atoms with E-state index in [4.69, 9.17) is 4.74 Å². The molecule has 4 heterocycles. The second-order valence-corrected chi connectivity index (χ2v) is 9.71. The summed E-state index contributed by atoms with van der Waals surface area (Å²) in [6, 6.07) is 20.8. The van der Waals surface area contributed by atoms with Gasteiger partial charge in [0.2, 0.25) is 5.91 Å². The van der Waals surface area contributed by atoms with E-state index in [2.05, 4.69) is 61.7 Å². The molecule has 8 nitrogen and oxygen atoms in total. The lowest BCUT2D eigenvalue weighted by Crippen LogP contribution is -2.41. The van der Waals surface area contributed by atoms with Crippen molar-refractivity contribution in [1.29, 1.82) is 0 Å². The number of nitrogens with zero attached hydrogens (tertiary/aromatic N) is 5. The van der Waals surface area contributed by atoms with Gasteiger partial charge in [0.1, 0.15) is 0 Å². The fourth-order valence-electron chi connectivity index (χ4n) is 5.30. The van der Waals surface area contributed by atoms with Gasteiger partial charge in [-0.1, -0.05) is 42.5 Å². The third-order valence-corrected chi connectivity index (χ3v) is 7.34. The summed E-state index contributed by atoms with van der Waals surface area (Å²) >= 11 is 0. The minimum Gasteiger partial charge on any atom is -0.379 e. The average Bonchev–Trinajstić information content (AvgIpc) is 3.31. The molecule has 1 fully saturated rings. The molecule has 1 saturated heterocycles. The third-order valence-electron chi connectivity index (χ3n) is 7.34.